The lowest BCUT2D eigenvalue weighted by Crippen LogP contribution is -1.97. The summed E-state index contributed by atoms with van der Waals surface area (Å²) in [4.78, 5) is 10.3. The minimum Gasteiger partial charge on any atom is -0.496 e. The topological polar surface area (TPSA) is 26.3 Å². The molecule has 3 heteroatoms. The predicted molar refractivity (Wildman–Crippen MR) is 47.5 cm³/mol. The molecule has 0 bridgehead atoms. The summed E-state index contributed by atoms with van der Waals surface area (Å²) in [5.74, 6) is 0.151. The molecule has 0 aliphatic carbocycles. The van der Waals surface area contributed by atoms with E-state index < -0.39 is 0 Å². The zero-order valence-corrected chi connectivity index (χ0v) is 7.63. The Kier molecular flexibility index (Phi) is 3.01. The number of hydrogen-bond acceptors (Lipinski definition) is 2. The van der Waals surface area contributed by atoms with Gasteiger partial charge >= 0.3 is 0 Å². The summed E-state index contributed by atoms with van der Waals surface area (Å²) >= 11 is 0. The van der Waals surface area contributed by atoms with Gasteiger partial charge in [0.25, 0.3) is 0 Å². The Morgan fingerprint density at radius 1 is 1.54 bits per heavy atom. The molecule has 0 unspecified atom stereocenters. The summed E-state index contributed by atoms with van der Waals surface area (Å²) in [7, 11) is 1.47. The number of carbonyl (C=O) groups is 1. The highest BCUT2D eigenvalue weighted by Crippen LogP contribution is 2.25. The molecule has 2 nitrogen and oxygen atoms in total. The molecule has 0 aromatic heterocycles. The lowest BCUT2D eigenvalue weighted by Gasteiger charge is -2.09. The van der Waals surface area contributed by atoms with E-state index >= 15 is 0 Å². The van der Waals surface area contributed by atoms with Gasteiger partial charge in [0.05, 0.1) is 7.11 Å². The van der Waals surface area contributed by atoms with Crippen molar-refractivity contribution in [1.29, 1.82) is 0 Å². The molecule has 1 rings (SSSR count). The van der Waals surface area contributed by atoms with E-state index in [1.165, 1.54) is 13.2 Å². The van der Waals surface area contributed by atoms with Gasteiger partial charge in [-0.05, 0) is 13.0 Å². The molecule has 0 N–H and O–H groups in total. The van der Waals surface area contributed by atoms with E-state index in [9.17, 15) is 9.18 Å². The Balaban J connectivity index is 3.20. The quantitative estimate of drug-likeness (QED) is 0.667. The van der Waals surface area contributed by atoms with Crippen LogP contribution in [0.5, 0.6) is 5.75 Å². The third-order valence-corrected chi connectivity index (χ3v) is 1.93. The van der Waals surface area contributed by atoms with Gasteiger partial charge in [0.2, 0.25) is 0 Å². The first-order chi connectivity index (χ1) is 6.20. The summed E-state index contributed by atoms with van der Waals surface area (Å²) in [5.41, 5.74) is 1.17. The molecule has 70 valence electrons. The fraction of sp³-hybridized carbons (Fsp3) is 0.300. The standard InChI is InChI=1S/C10H11FO2/c1-7-9(11)4-3-8(5-6-12)10(7)13-2/h3-4,6H,5H2,1-2H3. The predicted octanol–water partition coefficient (Wildman–Crippen LogP) is 1.88. The van der Waals surface area contributed by atoms with Crippen LogP contribution in [0.15, 0.2) is 12.1 Å². The third-order valence-electron chi connectivity index (χ3n) is 1.93. The number of hydrogen-bond donors (Lipinski definition) is 0. The van der Waals surface area contributed by atoms with Gasteiger partial charge in [-0.1, -0.05) is 6.07 Å². The van der Waals surface area contributed by atoms with Crippen molar-refractivity contribution in [2.45, 2.75) is 13.3 Å². The Morgan fingerprint density at radius 2 is 2.23 bits per heavy atom. The Bertz CT molecular complexity index is 321. The highest BCUT2D eigenvalue weighted by atomic mass is 19.1. The molecule has 0 amide bonds. The van der Waals surface area contributed by atoms with Crippen LogP contribution in [-0.2, 0) is 11.2 Å². The molecule has 0 atom stereocenters. The molecule has 13 heavy (non-hydrogen) atoms. The van der Waals surface area contributed by atoms with E-state index in [2.05, 4.69) is 0 Å². The SMILES string of the molecule is COc1c(CC=O)ccc(F)c1C. The number of carbonyl (C=O) groups excluding carboxylic acids is 1. The zero-order valence-electron chi connectivity index (χ0n) is 7.63. The second-order valence-electron chi connectivity index (χ2n) is 2.74. The Morgan fingerprint density at radius 3 is 2.77 bits per heavy atom. The Labute approximate surface area is 76.3 Å². The lowest BCUT2D eigenvalue weighted by molar-refractivity contribution is -0.107. The van der Waals surface area contributed by atoms with E-state index in [4.69, 9.17) is 4.74 Å². The molecule has 0 saturated carbocycles. The van der Waals surface area contributed by atoms with Crippen molar-refractivity contribution >= 4 is 6.29 Å². The fourth-order valence-electron chi connectivity index (χ4n) is 1.26. The molecule has 1 aromatic carbocycles. The molecule has 0 saturated heterocycles. The summed E-state index contributed by atoms with van der Waals surface area (Å²) in [6.45, 7) is 1.63. The van der Waals surface area contributed by atoms with Crippen LogP contribution in [0, 0.1) is 12.7 Å². The van der Waals surface area contributed by atoms with Crippen molar-refractivity contribution < 1.29 is 13.9 Å². The molecule has 0 radical (unpaired) electrons. The van der Waals surface area contributed by atoms with Gasteiger partial charge in [-0.3, -0.25) is 0 Å². The van der Waals surface area contributed by atoms with E-state index in [1.54, 1.807) is 13.0 Å². The molecule has 1 aromatic rings. The molecule has 0 fully saturated rings. The third kappa shape index (κ3) is 1.86. The Hall–Kier alpha value is -1.38. The first-order valence-corrected chi connectivity index (χ1v) is 3.96. The summed E-state index contributed by atoms with van der Waals surface area (Å²) in [6.07, 6.45) is 1.03. The number of halogens is 1. The maximum Gasteiger partial charge on any atom is 0.129 e. The molecule has 0 spiro atoms. The van der Waals surface area contributed by atoms with Crippen LogP contribution in [0.1, 0.15) is 11.1 Å². The number of benzene rings is 1. The van der Waals surface area contributed by atoms with Gasteiger partial charge < -0.3 is 9.53 Å². The van der Waals surface area contributed by atoms with Crippen molar-refractivity contribution in [3.63, 3.8) is 0 Å². The summed E-state index contributed by atoms with van der Waals surface area (Å²) in [6, 6.07) is 2.91. The van der Waals surface area contributed by atoms with Gasteiger partial charge in [-0.15, -0.1) is 0 Å². The van der Waals surface area contributed by atoms with Crippen LogP contribution >= 0.6 is 0 Å². The second-order valence-corrected chi connectivity index (χ2v) is 2.74. The first-order valence-electron chi connectivity index (χ1n) is 3.96. The minimum absolute atomic E-state index is 0.254. The monoisotopic (exact) mass is 182 g/mol. The summed E-state index contributed by atoms with van der Waals surface area (Å²) in [5, 5.41) is 0. The summed E-state index contributed by atoms with van der Waals surface area (Å²) < 4.78 is 18.0. The van der Waals surface area contributed by atoms with Crippen molar-refractivity contribution in [2.75, 3.05) is 7.11 Å². The molecule has 0 aliphatic rings. The lowest BCUT2D eigenvalue weighted by atomic mass is 10.1. The first kappa shape index (κ1) is 9.71. The number of methoxy groups -OCH3 is 1. The highest BCUT2D eigenvalue weighted by molar-refractivity contribution is 5.58. The largest absolute Gasteiger partial charge is 0.496 e. The van der Waals surface area contributed by atoms with E-state index in [0.717, 1.165) is 11.8 Å². The van der Waals surface area contributed by atoms with Crippen LogP contribution in [0.4, 0.5) is 4.39 Å². The van der Waals surface area contributed by atoms with Crippen molar-refractivity contribution in [3.05, 3.63) is 29.1 Å². The van der Waals surface area contributed by atoms with Gasteiger partial charge in [-0.2, -0.15) is 0 Å². The van der Waals surface area contributed by atoms with Crippen molar-refractivity contribution in [3.8, 4) is 5.75 Å². The van der Waals surface area contributed by atoms with Gasteiger partial charge in [-0.25, -0.2) is 4.39 Å². The molecule has 0 heterocycles. The van der Waals surface area contributed by atoms with Gasteiger partial charge in [0.15, 0.2) is 0 Å². The van der Waals surface area contributed by atoms with Crippen LogP contribution in [0.3, 0.4) is 0 Å². The average Bonchev–Trinajstić information content (AvgIpc) is 2.12. The van der Waals surface area contributed by atoms with Crippen LogP contribution in [0.25, 0.3) is 0 Å². The number of aldehydes is 1. The maximum absolute atomic E-state index is 13.0. The second kappa shape index (κ2) is 4.03. The van der Waals surface area contributed by atoms with E-state index in [-0.39, 0.29) is 12.2 Å². The average molecular weight is 182 g/mol. The van der Waals surface area contributed by atoms with E-state index in [1.807, 2.05) is 0 Å². The van der Waals surface area contributed by atoms with Gasteiger partial charge in [0.1, 0.15) is 17.9 Å². The fourth-order valence-corrected chi connectivity index (χ4v) is 1.26. The number of rotatable bonds is 3. The van der Waals surface area contributed by atoms with E-state index in [0.29, 0.717) is 11.3 Å². The van der Waals surface area contributed by atoms with Crippen LogP contribution < -0.4 is 4.74 Å². The van der Waals surface area contributed by atoms with Crippen LogP contribution in [0.2, 0.25) is 0 Å². The van der Waals surface area contributed by atoms with Crippen molar-refractivity contribution in [1.82, 2.24) is 0 Å². The van der Waals surface area contributed by atoms with Crippen molar-refractivity contribution in [2.24, 2.45) is 0 Å². The zero-order chi connectivity index (χ0) is 9.84. The maximum atomic E-state index is 13.0. The normalized spacial score (nSPS) is 9.77. The molecular weight excluding hydrogens is 171 g/mol. The van der Waals surface area contributed by atoms with Gasteiger partial charge in [0, 0.05) is 17.5 Å². The number of ether oxygens (including phenoxy) is 1. The smallest absolute Gasteiger partial charge is 0.129 e. The van der Waals surface area contributed by atoms with Crippen LogP contribution in [-0.4, -0.2) is 13.4 Å². The highest BCUT2D eigenvalue weighted by Gasteiger charge is 2.09. The minimum atomic E-state index is -0.313. The molecular formula is C10H11FO2. The molecule has 0 aliphatic heterocycles.